The number of aromatic nitrogens is 4. The van der Waals surface area contributed by atoms with Crippen molar-refractivity contribution in [2.45, 2.75) is 0 Å². The van der Waals surface area contributed by atoms with Crippen LogP contribution in [0.5, 0.6) is 0 Å². The second-order valence-corrected chi connectivity index (χ2v) is 14.9. The standard InChI is InChI=1S/C48H26N4O2S/c1-2-11-28(12-3-1)48-49-38-21-22-39-43(44(38)54-48)37-24-29-14-9-18-34(35(29)26-40(37)53-39)47-51-45(30-20-23-42-36(25-30)32-16-6-7-19-41(32)55-42)50-46(52-47)33-17-8-13-27-10-4-5-15-31(27)33/h1-26H. The van der Waals surface area contributed by atoms with Gasteiger partial charge in [-0.3, -0.25) is 0 Å². The van der Waals surface area contributed by atoms with Crippen molar-refractivity contribution in [3.05, 3.63) is 158 Å². The monoisotopic (exact) mass is 722 g/mol. The molecule has 0 aliphatic heterocycles. The smallest absolute Gasteiger partial charge is 0.227 e. The summed E-state index contributed by atoms with van der Waals surface area (Å²) in [7, 11) is 0. The van der Waals surface area contributed by atoms with Gasteiger partial charge < -0.3 is 8.83 Å². The first kappa shape index (κ1) is 30.3. The molecule has 0 spiro atoms. The van der Waals surface area contributed by atoms with Crippen molar-refractivity contribution in [2.24, 2.45) is 0 Å². The normalized spacial score (nSPS) is 12.0. The third-order valence-electron chi connectivity index (χ3n) is 10.6. The Labute approximate surface area is 317 Å². The third-order valence-corrected chi connectivity index (χ3v) is 11.7. The average Bonchev–Trinajstić information content (AvgIpc) is 3.95. The summed E-state index contributed by atoms with van der Waals surface area (Å²) < 4.78 is 15.5. The van der Waals surface area contributed by atoms with Crippen molar-refractivity contribution < 1.29 is 8.83 Å². The molecule has 0 saturated carbocycles. The van der Waals surface area contributed by atoms with E-state index in [0.717, 1.165) is 71.3 Å². The number of fused-ring (bicyclic) bond motifs is 10. The van der Waals surface area contributed by atoms with E-state index in [-0.39, 0.29) is 0 Å². The highest BCUT2D eigenvalue weighted by atomic mass is 32.1. The van der Waals surface area contributed by atoms with Crippen LogP contribution in [-0.2, 0) is 0 Å². The van der Waals surface area contributed by atoms with Crippen LogP contribution < -0.4 is 0 Å². The van der Waals surface area contributed by atoms with E-state index in [1.54, 1.807) is 11.3 Å². The van der Waals surface area contributed by atoms with Crippen LogP contribution in [0.4, 0.5) is 0 Å². The molecule has 256 valence electrons. The summed E-state index contributed by atoms with van der Waals surface area (Å²) in [4.78, 5) is 20.4. The molecule has 0 fully saturated rings. The number of rotatable bonds is 4. The molecule has 8 aromatic carbocycles. The second-order valence-electron chi connectivity index (χ2n) is 13.8. The lowest BCUT2D eigenvalue weighted by Gasteiger charge is -2.12. The fourth-order valence-corrected chi connectivity index (χ4v) is 9.03. The van der Waals surface area contributed by atoms with E-state index in [1.807, 2.05) is 42.5 Å². The lowest BCUT2D eigenvalue weighted by atomic mass is 10.0. The first-order valence-electron chi connectivity index (χ1n) is 18.1. The highest BCUT2D eigenvalue weighted by molar-refractivity contribution is 7.25. The average molecular weight is 723 g/mol. The molecule has 0 aliphatic rings. The van der Waals surface area contributed by atoms with Gasteiger partial charge in [0.15, 0.2) is 23.1 Å². The van der Waals surface area contributed by atoms with Crippen LogP contribution >= 0.6 is 11.3 Å². The summed E-state index contributed by atoms with van der Waals surface area (Å²) >= 11 is 1.80. The molecule has 4 aromatic heterocycles. The zero-order valence-corrected chi connectivity index (χ0v) is 29.8. The molecule has 0 saturated heterocycles. The number of hydrogen-bond donors (Lipinski definition) is 0. The number of oxazole rings is 1. The highest BCUT2D eigenvalue weighted by Crippen LogP contribution is 2.41. The van der Waals surface area contributed by atoms with Crippen LogP contribution in [-0.4, -0.2) is 19.9 Å². The van der Waals surface area contributed by atoms with Gasteiger partial charge in [-0.2, -0.15) is 0 Å². The molecule has 0 amide bonds. The van der Waals surface area contributed by atoms with Crippen molar-refractivity contribution in [1.29, 1.82) is 0 Å². The first-order chi connectivity index (χ1) is 27.2. The Morgan fingerprint density at radius 2 is 1.11 bits per heavy atom. The SMILES string of the molecule is c1ccc(-c2nc3ccc4oc5cc6c(-c7nc(-c8ccc9sc%10ccccc%10c9c8)nc(-c8cccc9ccccc89)n7)cccc6cc5c4c3o2)cc1. The zero-order chi connectivity index (χ0) is 36.0. The Morgan fingerprint density at radius 3 is 1.98 bits per heavy atom. The van der Waals surface area contributed by atoms with Gasteiger partial charge in [0, 0.05) is 47.8 Å². The molecule has 0 aliphatic carbocycles. The zero-order valence-electron chi connectivity index (χ0n) is 29.0. The molecular formula is C48H26N4O2S. The molecule has 6 nitrogen and oxygen atoms in total. The summed E-state index contributed by atoms with van der Waals surface area (Å²) in [5, 5.41) is 8.53. The lowest BCUT2D eigenvalue weighted by molar-refractivity contribution is 0.622. The van der Waals surface area contributed by atoms with E-state index in [9.17, 15) is 0 Å². The maximum absolute atomic E-state index is 6.54. The van der Waals surface area contributed by atoms with Crippen LogP contribution in [0.3, 0.4) is 0 Å². The number of nitrogens with zero attached hydrogens (tertiary/aromatic N) is 4. The van der Waals surface area contributed by atoms with Gasteiger partial charge >= 0.3 is 0 Å². The minimum Gasteiger partial charge on any atom is -0.456 e. The molecule has 0 N–H and O–H groups in total. The Morgan fingerprint density at radius 1 is 0.400 bits per heavy atom. The molecular weight excluding hydrogens is 697 g/mol. The Bertz CT molecular complexity index is 3500. The Kier molecular flexibility index (Phi) is 6.40. The summed E-state index contributed by atoms with van der Waals surface area (Å²) in [5.74, 6) is 2.42. The maximum Gasteiger partial charge on any atom is 0.227 e. The van der Waals surface area contributed by atoms with Crippen molar-refractivity contribution in [2.75, 3.05) is 0 Å². The van der Waals surface area contributed by atoms with Gasteiger partial charge in [-0.05, 0) is 82.2 Å². The Hall–Kier alpha value is -7.22. The third kappa shape index (κ3) is 4.73. The van der Waals surface area contributed by atoms with Gasteiger partial charge in [-0.1, -0.05) is 97.1 Å². The van der Waals surface area contributed by atoms with Gasteiger partial charge in [-0.15, -0.1) is 11.3 Å². The summed E-state index contributed by atoms with van der Waals surface area (Å²) in [5.41, 5.74) is 6.70. The maximum atomic E-state index is 6.54. The molecule has 0 radical (unpaired) electrons. The molecule has 0 unspecified atom stereocenters. The van der Waals surface area contributed by atoms with E-state index in [0.29, 0.717) is 28.9 Å². The minimum atomic E-state index is 0.583. The van der Waals surface area contributed by atoms with E-state index in [1.165, 1.54) is 20.2 Å². The predicted octanol–water partition coefficient (Wildman–Crippen LogP) is 13.3. The summed E-state index contributed by atoms with van der Waals surface area (Å²) in [6, 6.07) is 54.2. The summed E-state index contributed by atoms with van der Waals surface area (Å²) in [6.45, 7) is 0. The molecule has 0 atom stereocenters. The summed E-state index contributed by atoms with van der Waals surface area (Å²) in [6.07, 6.45) is 0. The van der Waals surface area contributed by atoms with Gasteiger partial charge in [0.1, 0.15) is 16.7 Å². The number of thiophene rings is 1. The van der Waals surface area contributed by atoms with Crippen LogP contribution in [0.2, 0.25) is 0 Å². The van der Waals surface area contributed by atoms with E-state index < -0.39 is 0 Å². The molecule has 4 heterocycles. The first-order valence-corrected chi connectivity index (χ1v) is 18.9. The number of benzene rings is 8. The van der Waals surface area contributed by atoms with E-state index >= 15 is 0 Å². The molecule has 12 aromatic rings. The van der Waals surface area contributed by atoms with Crippen LogP contribution in [0.15, 0.2) is 167 Å². The molecule has 7 heteroatoms. The minimum absolute atomic E-state index is 0.583. The lowest BCUT2D eigenvalue weighted by Crippen LogP contribution is -2.01. The van der Waals surface area contributed by atoms with Crippen molar-refractivity contribution in [3.8, 4) is 45.6 Å². The fraction of sp³-hybridized carbons (Fsp3) is 0. The quantitative estimate of drug-likeness (QED) is 0.180. The van der Waals surface area contributed by atoms with Gasteiger partial charge in [-0.25, -0.2) is 19.9 Å². The van der Waals surface area contributed by atoms with Crippen LogP contribution in [0.1, 0.15) is 0 Å². The molecule has 12 rings (SSSR count). The predicted molar refractivity (Wildman–Crippen MR) is 224 cm³/mol. The topological polar surface area (TPSA) is 77.8 Å². The van der Waals surface area contributed by atoms with Gasteiger partial charge in [0.2, 0.25) is 5.89 Å². The van der Waals surface area contributed by atoms with Crippen LogP contribution in [0.25, 0.3) is 120 Å². The highest BCUT2D eigenvalue weighted by Gasteiger charge is 2.20. The van der Waals surface area contributed by atoms with E-state index in [2.05, 4.69) is 115 Å². The van der Waals surface area contributed by atoms with Gasteiger partial charge in [0.25, 0.3) is 0 Å². The van der Waals surface area contributed by atoms with Crippen molar-refractivity contribution in [3.63, 3.8) is 0 Å². The second kappa shape index (κ2) is 11.6. The number of hydrogen-bond acceptors (Lipinski definition) is 7. The largest absolute Gasteiger partial charge is 0.456 e. The molecule has 55 heavy (non-hydrogen) atoms. The fourth-order valence-electron chi connectivity index (χ4n) is 7.95. The number of furan rings is 1. The van der Waals surface area contributed by atoms with Gasteiger partial charge in [0.05, 0.1) is 5.39 Å². The van der Waals surface area contributed by atoms with Crippen LogP contribution in [0, 0.1) is 0 Å². The Balaban J connectivity index is 1.08. The van der Waals surface area contributed by atoms with Crippen molar-refractivity contribution >= 4 is 86.1 Å². The van der Waals surface area contributed by atoms with Crippen molar-refractivity contribution in [1.82, 2.24) is 19.9 Å². The molecule has 0 bridgehead atoms. The van der Waals surface area contributed by atoms with E-state index in [4.69, 9.17) is 28.8 Å².